The van der Waals surface area contributed by atoms with Crippen LogP contribution in [0.4, 0.5) is 5.69 Å². The summed E-state index contributed by atoms with van der Waals surface area (Å²) in [5.41, 5.74) is 4.02. The third-order valence-electron chi connectivity index (χ3n) is 6.67. The first kappa shape index (κ1) is 23.4. The van der Waals surface area contributed by atoms with E-state index in [-0.39, 0.29) is 11.8 Å². The largest absolute Gasteiger partial charge is 0.496 e. The number of methoxy groups -OCH3 is 2. The number of rotatable bonds is 8. The van der Waals surface area contributed by atoms with Gasteiger partial charge in [-0.25, -0.2) is 4.79 Å². The maximum atomic E-state index is 12.6. The fourth-order valence-electron chi connectivity index (χ4n) is 4.95. The van der Waals surface area contributed by atoms with E-state index in [4.69, 9.17) is 15.9 Å². The van der Waals surface area contributed by atoms with Crippen molar-refractivity contribution in [1.82, 2.24) is 4.98 Å². The average molecular weight is 459 g/mol. The molecule has 1 heterocycles. The number of hydrogen-bond donors (Lipinski definition) is 2. The summed E-state index contributed by atoms with van der Waals surface area (Å²) in [6, 6.07) is 11.1. The highest BCUT2D eigenvalue weighted by molar-refractivity contribution is 5.95. The van der Waals surface area contributed by atoms with Crippen LogP contribution in [0.25, 0.3) is 10.9 Å². The number of H-pyrrole nitrogens is 1. The quantitative estimate of drug-likeness (QED) is 0.338. The molecule has 1 aromatic heterocycles. The average Bonchev–Trinajstić information content (AvgIpc) is 3.51. The van der Waals surface area contributed by atoms with Crippen molar-refractivity contribution in [3.05, 3.63) is 59.3 Å². The summed E-state index contributed by atoms with van der Waals surface area (Å²) in [5.74, 6) is 3.31. The molecule has 1 amide bonds. The van der Waals surface area contributed by atoms with Crippen LogP contribution in [0.2, 0.25) is 0 Å². The fourth-order valence-corrected chi connectivity index (χ4v) is 4.95. The number of aromatic amines is 1. The van der Waals surface area contributed by atoms with Gasteiger partial charge in [0, 0.05) is 47.1 Å². The van der Waals surface area contributed by atoms with E-state index in [1.165, 1.54) is 20.0 Å². The van der Waals surface area contributed by atoms with Crippen molar-refractivity contribution in [3.63, 3.8) is 0 Å². The molecule has 2 N–H and O–H groups in total. The second kappa shape index (κ2) is 10.5. The number of esters is 1. The van der Waals surface area contributed by atoms with Crippen LogP contribution in [0.5, 0.6) is 5.75 Å². The molecule has 1 aliphatic carbocycles. The van der Waals surface area contributed by atoms with E-state index in [1.807, 2.05) is 30.5 Å². The number of carbonyl (C=O) groups is 2. The van der Waals surface area contributed by atoms with Crippen molar-refractivity contribution < 1.29 is 19.1 Å². The molecular weight excluding hydrogens is 428 g/mol. The van der Waals surface area contributed by atoms with Gasteiger partial charge in [0.05, 0.1) is 19.8 Å². The fraction of sp³-hybridized carbons (Fsp3) is 0.357. The molecule has 0 aliphatic heterocycles. The zero-order valence-electron chi connectivity index (χ0n) is 19.6. The summed E-state index contributed by atoms with van der Waals surface area (Å²) in [6.07, 6.45) is 13.4. The van der Waals surface area contributed by atoms with Gasteiger partial charge in [0.1, 0.15) is 5.75 Å². The third kappa shape index (κ3) is 4.94. The minimum absolute atomic E-state index is 0.0589. The Balaban J connectivity index is 1.66. The lowest BCUT2D eigenvalue weighted by Gasteiger charge is -2.19. The zero-order chi connectivity index (χ0) is 24.1. The minimum atomic E-state index is -0.427. The second-order valence-corrected chi connectivity index (χ2v) is 8.82. The first-order valence-electron chi connectivity index (χ1n) is 11.6. The summed E-state index contributed by atoms with van der Waals surface area (Å²) >= 11 is 0. The zero-order valence-corrected chi connectivity index (χ0v) is 19.6. The lowest BCUT2D eigenvalue weighted by Crippen LogP contribution is -2.15. The van der Waals surface area contributed by atoms with Gasteiger partial charge in [-0.3, -0.25) is 4.79 Å². The van der Waals surface area contributed by atoms with Crippen LogP contribution in [0.1, 0.15) is 65.9 Å². The van der Waals surface area contributed by atoms with E-state index in [9.17, 15) is 9.59 Å². The van der Waals surface area contributed by atoms with E-state index >= 15 is 0 Å². The molecule has 2 aromatic carbocycles. The van der Waals surface area contributed by atoms with Crippen molar-refractivity contribution in [1.29, 1.82) is 0 Å². The van der Waals surface area contributed by atoms with Crippen LogP contribution in [0.3, 0.4) is 0 Å². The SMILES string of the molecule is C#CCC(c1ccc(C(=O)OC)cc1OC)c1c[nH]c2ccc(NC(=O)CC3CCCC3)cc12. The van der Waals surface area contributed by atoms with Gasteiger partial charge in [0.15, 0.2) is 0 Å². The highest BCUT2D eigenvalue weighted by Gasteiger charge is 2.23. The lowest BCUT2D eigenvalue weighted by atomic mass is 9.87. The first-order chi connectivity index (χ1) is 16.5. The molecule has 6 heteroatoms. The molecule has 0 bridgehead atoms. The molecule has 1 fully saturated rings. The predicted molar refractivity (Wildman–Crippen MR) is 133 cm³/mol. The Bertz CT molecular complexity index is 1230. The van der Waals surface area contributed by atoms with Gasteiger partial charge in [0.2, 0.25) is 5.91 Å². The third-order valence-corrected chi connectivity index (χ3v) is 6.67. The molecule has 1 aliphatic rings. The van der Waals surface area contributed by atoms with Crippen LogP contribution in [0.15, 0.2) is 42.6 Å². The maximum Gasteiger partial charge on any atom is 0.337 e. The highest BCUT2D eigenvalue weighted by atomic mass is 16.5. The standard InChI is InChI=1S/C28H30N2O4/c1-4-7-21(22-12-10-19(28(32)34-3)15-26(22)33-2)24-17-29-25-13-11-20(16-23(24)25)30-27(31)14-18-8-5-6-9-18/h1,10-13,15-18,21,29H,5-9,14H2,2-3H3,(H,30,31). The van der Waals surface area contributed by atoms with Crippen molar-refractivity contribution in [2.24, 2.45) is 5.92 Å². The van der Waals surface area contributed by atoms with Crippen LogP contribution in [-0.4, -0.2) is 31.1 Å². The summed E-state index contributed by atoms with van der Waals surface area (Å²) in [6.45, 7) is 0. The lowest BCUT2D eigenvalue weighted by molar-refractivity contribution is -0.117. The summed E-state index contributed by atoms with van der Waals surface area (Å²) < 4.78 is 10.4. The second-order valence-electron chi connectivity index (χ2n) is 8.82. The highest BCUT2D eigenvalue weighted by Crippen LogP contribution is 2.39. The number of ether oxygens (including phenoxy) is 2. The monoisotopic (exact) mass is 458 g/mol. The number of fused-ring (bicyclic) bond motifs is 1. The Morgan fingerprint density at radius 2 is 1.94 bits per heavy atom. The van der Waals surface area contributed by atoms with Gasteiger partial charge in [-0.1, -0.05) is 18.9 Å². The molecule has 6 nitrogen and oxygen atoms in total. The van der Waals surface area contributed by atoms with Gasteiger partial charge >= 0.3 is 5.97 Å². The van der Waals surface area contributed by atoms with E-state index < -0.39 is 5.97 Å². The number of aromatic nitrogens is 1. The van der Waals surface area contributed by atoms with Crippen LogP contribution in [0, 0.1) is 18.3 Å². The molecular formula is C28H30N2O4. The van der Waals surface area contributed by atoms with Crippen LogP contribution in [-0.2, 0) is 9.53 Å². The molecule has 0 saturated heterocycles. The van der Waals surface area contributed by atoms with Gasteiger partial charge in [0.25, 0.3) is 0 Å². The minimum Gasteiger partial charge on any atom is -0.496 e. The Kier molecular flexibility index (Phi) is 7.22. The molecule has 4 rings (SSSR count). The Morgan fingerprint density at radius 1 is 1.15 bits per heavy atom. The molecule has 3 aromatic rings. The Hall–Kier alpha value is -3.72. The van der Waals surface area contributed by atoms with Gasteiger partial charge in [-0.15, -0.1) is 12.3 Å². The Labute approximate surface area is 200 Å². The summed E-state index contributed by atoms with van der Waals surface area (Å²) in [5, 5.41) is 4.05. The first-order valence-corrected chi connectivity index (χ1v) is 11.6. The number of amides is 1. The van der Waals surface area contributed by atoms with Crippen molar-refractivity contribution in [2.45, 2.75) is 44.4 Å². The molecule has 176 valence electrons. The van der Waals surface area contributed by atoms with E-state index in [1.54, 1.807) is 19.2 Å². The smallest absolute Gasteiger partial charge is 0.337 e. The van der Waals surface area contributed by atoms with Crippen LogP contribution < -0.4 is 10.1 Å². The summed E-state index contributed by atoms with van der Waals surface area (Å²) in [4.78, 5) is 27.9. The van der Waals surface area contributed by atoms with Gasteiger partial charge in [-0.05, 0) is 54.7 Å². The normalized spacial score (nSPS) is 14.5. The van der Waals surface area contributed by atoms with E-state index in [2.05, 4.69) is 16.2 Å². The molecule has 1 saturated carbocycles. The molecule has 0 radical (unpaired) electrons. The van der Waals surface area contributed by atoms with Crippen molar-refractivity contribution >= 4 is 28.5 Å². The van der Waals surface area contributed by atoms with E-state index in [0.717, 1.165) is 40.6 Å². The molecule has 1 atom stereocenters. The van der Waals surface area contributed by atoms with Gasteiger partial charge in [-0.2, -0.15) is 0 Å². The number of carbonyl (C=O) groups excluding carboxylic acids is 2. The number of anilines is 1. The van der Waals surface area contributed by atoms with Crippen molar-refractivity contribution in [2.75, 3.05) is 19.5 Å². The Morgan fingerprint density at radius 3 is 2.65 bits per heavy atom. The van der Waals surface area contributed by atoms with Gasteiger partial charge < -0.3 is 19.8 Å². The number of hydrogen-bond acceptors (Lipinski definition) is 4. The molecule has 34 heavy (non-hydrogen) atoms. The molecule has 1 unspecified atom stereocenters. The van der Waals surface area contributed by atoms with Crippen LogP contribution >= 0.6 is 0 Å². The number of terminal acetylenes is 1. The molecule has 0 spiro atoms. The van der Waals surface area contributed by atoms with E-state index in [0.29, 0.717) is 30.1 Å². The summed E-state index contributed by atoms with van der Waals surface area (Å²) in [7, 11) is 2.92. The maximum absolute atomic E-state index is 12.6. The number of benzene rings is 2. The van der Waals surface area contributed by atoms with Crippen molar-refractivity contribution in [3.8, 4) is 18.1 Å². The number of nitrogens with one attached hydrogen (secondary N) is 2. The predicted octanol–water partition coefficient (Wildman–Crippen LogP) is 5.64. The topological polar surface area (TPSA) is 80.4 Å².